The number of anilines is 1. The van der Waals surface area contributed by atoms with E-state index in [1.807, 2.05) is 0 Å². The number of nitro groups is 1. The lowest BCUT2D eigenvalue weighted by Gasteiger charge is -2.33. The van der Waals surface area contributed by atoms with E-state index in [2.05, 4.69) is 0 Å². The van der Waals surface area contributed by atoms with E-state index < -0.39 is 39.3 Å². The van der Waals surface area contributed by atoms with Crippen LogP contribution >= 0.6 is 11.6 Å². The van der Waals surface area contributed by atoms with Gasteiger partial charge in [0.1, 0.15) is 11.5 Å². The fraction of sp³-hybridized carbons (Fsp3) is 0.188. The number of carboxylic acid groups (broad SMARTS) is 1. The van der Waals surface area contributed by atoms with Gasteiger partial charge in [-0.15, -0.1) is 0 Å². The maximum atomic E-state index is 13.0. The first-order valence-electron chi connectivity index (χ1n) is 7.61. The number of para-hydroxylation sites is 1. The van der Waals surface area contributed by atoms with Crippen LogP contribution in [0.4, 0.5) is 11.4 Å². The minimum atomic E-state index is -4.16. The average molecular weight is 413 g/mol. The lowest BCUT2D eigenvalue weighted by molar-refractivity contribution is -0.385. The van der Waals surface area contributed by atoms with Gasteiger partial charge in [-0.2, -0.15) is 0 Å². The van der Waals surface area contributed by atoms with E-state index in [1.54, 1.807) is 0 Å². The second-order valence-corrected chi connectivity index (χ2v) is 8.06. The molecule has 0 unspecified atom stereocenters. The molecule has 0 amide bonds. The normalized spacial score (nSPS) is 16.3. The number of rotatable bonds is 5. The Balaban J connectivity index is 2.04. The van der Waals surface area contributed by atoms with Gasteiger partial charge in [0.25, 0.3) is 5.69 Å². The van der Waals surface area contributed by atoms with Crippen LogP contribution in [0.1, 0.15) is 5.56 Å². The highest BCUT2D eigenvalue weighted by molar-refractivity contribution is 7.92. The molecule has 0 aromatic heterocycles. The zero-order valence-corrected chi connectivity index (χ0v) is 15.2. The predicted octanol–water partition coefficient (Wildman–Crippen LogP) is 2.43. The number of nitrogens with zero attached hydrogens (tertiary/aromatic N) is 2. The summed E-state index contributed by atoms with van der Waals surface area (Å²) < 4.78 is 32.1. The number of hydrogen-bond acceptors (Lipinski definition) is 6. The van der Waals surface area contributed by atoms with Crippen LogP contribution in [0.15, 0.2) is 42.5 Å². The molecule has 0 fully saturated rings. The van der Waals surface area contributed by atoms with E-state index in [4.69, 9.17) is 16.3 Å². The Bertz CT molecular complexity index is 1030. The maximum Gasteiger partial charge on any atom is 0.346 e. The van der Waals surface area contributed by atoms with Gasteiger partial charge in [0, 0.05) is 16.7 Å². The van der Waals surface area contributed by atoms with Crippen LogP contribution in [0, 0.1) is 10.1 Å². The van der Waals surface area contributed by atoms with Gasteiger partial charge in [-0.25, -0.2) is 13.2 Å². The van der Waals surface area contributed by atoms with Crippen molar-refractivity contribution in [2.75, 3.05) is 10.8 Å². The first-order chi connectivity index (χ1) is 12.7. The Hall–Kier alpha value is -2.85. The number of nitro benzene ring substituents is 1. The van der Waals surface area contributed by atoms with Crippen molar-refractivity contribution in [1.29, 1.82) is 0 Å². The second kappa shape index (κ2) is 7.05. The van der Waals surface area contributed by atoms with Gasteiger partial charge < -0.3 is 9.84 Å². The molecule has 1 heterocycles. The monoisotopic (exact) mass is 412 g/mol. The highest BCUT2D eigenvalue weighted by Crippen LogP contribution is 2.38. The largest absolute Gasteiger partial charge is 0.478 e. The number of ether oxygens (including phenoxy) is 1. The summed E-state index contributed by atoms with van der Waals surface area (Å²) in [5.74, 6) is -1.96. The third-order valence-electron chi connectivity index (χ3n) is 3.93. The average Bonchev–Trinajstić information content (AvgIpc) is 2.60. The van der Waals surface area contributed by atoms with Gasteiger partial charge >= 0.3 is 5.97 Å². The lowest BCUT2D eigenvalue weighted by atomic mass is 10.2. The molecule has 0 aliphatic carbocycles. The predicted molar refractivity (Wildman–Crippen MR) is 96.6 cm³/mol. The molecule has 142 valence electrons. The van der Waals surface area contributed by atoms with Crippen molar-refractivity contribution in [3.63, 3.8) is 0 Å². The summed E-state index contributed by atoms with van der Waals surface area (Å²) in [4.78, 5) is 21.8. The fourth-order valence-electron chi connectivity index (χ4n) is 2.70. The summed E-state index contributed by atoms with van der Waals surface area (Å²) >= 11 is 5.94. The third kappa shape index (κ3) is 3.81. The molecule has 0 saturated carbocycles. The smallest absolute Gasteiger partial charge is 0.346 e. The van der Waals surface area contributed by atoms with Crippen LogP contribution in [-0.4, -0.2) is 37.1 Å². The van der Waals surface area contributed by atoms with Crippen molar-refractivity contribution in [2.45, 2.75) is 11.9 Å². The molecule has 1 atom stereocenters. The topological polar surface area (TPSA) is 127 Å². The van der Waals surface area contributed by atoms with Gasteiger partial charge in [-0.3, -0.25) is 14.4 Å². The van der Waals surface area contributed by atoms with Crippen molar-refractivity contribution in [3.05, 3.63) is 63.2 Å². The second-order valence-electron chi connectivity index (χ2n) is 5.73. The Morgan fingerprint density at radius 3 is 2.70 bits per heavy atom. The molecular formula is C16H13ClN2O7S. The van der Waals surface area contributed by atoms with E-state index >= 15 is 0 Å². The molecule has 27 heavy (non-hydrogen) atoms. The molecule has 9 nitrogen and oxygen atoms in total. The number of carboxylic acids is 1. The summed E-state index contributed by atoms with van der Waals surface area (Å²) in [6.45, 7) is -0.481. The van der Waals surface area contributed by atoms with Crippen LogP contribution < -0.4 is 9.04 Å². The van der Waals surface area contributed by atoms with Crippen LogP contribution in [0.3, 0.4) is 0 Å². The molecule has 1 aliphatic rings. The fourth-order valence-corrected chi connectivity index (χ4v) is 4.47. The molecule has 0 spiro atoms. The van der Waals surface area contributed by atoms with Gasteiger partial charge in [0.15, 0.2) is 0 Å². The third-order valence-corrected chi connectivity index (χ3v) is 5.86. The van der Waals surface area contributed by atoms with Crippen LogP contribution in [0.2, 0.25) is 5.02 Å². The first-order valence-corrected chi connectivity index (χ1v) is 9.59. The van der Waals surface area contributed by atoms with Gasteiger partial charge in [0.2, 0.25) is 16.1 Å². The number of sulfonamides is 1. The summed E-state index contributed by atoms with van der Waals surface area (Å²) in [5.41, 5.74) is -0.265. The molecule has 11 heteroatoms. The molecule has 0 radical (unpaired) electrons. The summed E-state index contributed by atoms with van der Waals surface area (Å²) in [6, 6.07) is 9.61. The Morgan fingerprint density at radius 2 is 2.04 bits per heavy atom. The number of carbonyl (C=O) groups is 1. The van der Waals surface area contributed by atoms with Crippen molar-refractivity contribution >= 4 is 39.0 Å². The lowest BCUT2D eigenvalue weighted by Crippen LogP contribution is -2.47. The first kappa shape index (κ1) is 18.9. The number of hydrogen-bond donors (Lipinski definition) is 1. The standard InChI is InChI=1S/C16H13ClN2O7S/c17-11-5-6-14-13(7-11)18(8-15(26-14)16(20)21)27(24,25)9-10-3-1-2-4-12(10)19(22)23/h1-7,15H,8-9H2,(H,20,21)/t15-/m1/s1. The van der Waals surface area contributed by atoms with Crippen molar-refractivity contribution in [2.24, 2.45) is 0 Å². The zero-order valence-electron chi connectivity index (χ0n) is 13.6. The van der Waals surface area contributed by atoms with E-state index in [0.29, 0.717) is 0 Å². The SMILES string of the molecule is O=C(O)[C@H]1CN(S(=O)(=O)Cc2ccccc2[N+](=O)[O-])c2cc(Cl)ccc2O1. The van der Waals surface area contributed by atoms with Crippen LogP contribution in [0.5, 0.6) is 5.75 Å². The molecular weight excluding hydrogens is 400 g/mol. The summed E-state index contributed by atoms with van der Waals surface area (Å²) in [7, 11) is -4.16. The van der Waals surface area contributed by atoms with E-state index in [-0.39, 0.29) is 27.7 Å². The van der Waals surface area contributed by atoms with Crippen LogP contribution in [0.25, 0.3) is 0 Å². The Labute approximate surface area is 158 Å². The molecule has 2 aromatic rings. The van der Waals surface area contributed by atoms with Crippen molar-refractivity contribution in [3.8, 4) is 5.75 Å². The summed E-state index contributed by atoms with van der Waals surface area (Å²) in [6.07, 6.45) is -1.42. The molecule has 0 bridgehead atoms. The Kier molecular flexibility index (Phi) is 4.94. The maximum absolute atomic E-state index is 13.0. The molecule has 3 rings (SSSR count). The molecule has 1 N–H and O–H groups in total. The quantitative estimate of drug-likeness (QED) is 0.590. The minimum Gasteiger partial charge on any atom is -0.478 e. The highest BCUT2D eigenvalue weighted by Gasteiger charge is 2.37. The van der Waals surface area contributed by atoms with E-state index in [9.17, 15) is 28.4 Å². The Morgan fingerprint density at radius 1 is 1.33 bits per heavy atom. The van der Waals surface area contributed by atoms with E-state index in [0.717, 1.165) is 4.31 Å². The number of aliphatic carboxylic acids is 1. The minimum absolute atomic E-state index is 0.00977. The molecule has 0 saturated heterocycles. The van der Waals surface area contributed by atoms with Gasteiger partial charge in [0.05, 0.1) is 17.2 Å². The van der Waals surface area contributed by atoms with E-state index in [1.165, 1.54) is 42.5 Å². The van der Waals surface area contributed by atoms with Gasteiger partial charge in [-0.1, -0.05) is 29.8 Å². The number of benzene rings is 2. The number of fused-ring (bicyclic) bond motifs is 1. The molecule has 2 aromatic carbocycles. The van der Waals surface area contributed by atoms with Crippen molar-refractivity contribution < 1.29 is 28.0 Å². The van der Waals surface area contributed by atoms with Crippen molar-refractivity contribution in [1.82, 2.24) is 0 Å². The van der Waals surface area contributed by atoms with Crippen LogP contribution in [-0.2, 0) is 20.6 Å². The highest BCUT2D eigenvalue weighted by atomic mass is 35.5. The zero-order chi connectivity index (χ0) is 19.8. The summed E-state index contributed by atoms with van der Waals surface area (Å²) in [5, 5.41) is 20.6. The molecule has 1 aliphatic heterocycles. The number of halogens is 1. The van der Waals surface area contributed by atoms with Gasteiger partial charge in [-0.05, 0) is 18.2 Å².